The summed E-state index contributed by atoms with van der Waals surface area (Å²) in [7, 11) is 0. The van der Waals surface area contributed by atoms with Crippen molar-refractivity contribution in [3.8, 4) is 44.5 Å². The molecule has 53 heavy (non-hydrogen) atoms. The molecule has 2 N–H and O–H groups in total. The van der Waals surface area contributed by atoms with E-state index in [1.165, 1.54) is 0 Å². The molecule has 0 aliphatic carbocycles. The van der Waals surface area contributed by atoms with E-state index in [9.17, 15) is 0 Å². The molecule has 0 saturated carbocycles. The third kappa shape index (κ3) is 6.77. The number of hydrogen-bond acceptors (Lipinski definition) is 2. The smallest absolute Gasteiger partial charge is 0.0737 e. The minimum absolute atomic E-state index is 0. The van der Waals surface area contributed by atoms with Gasteiger partial charge in [-0.3, -0.25) is 0 Å². The van der Waals surface area contributed by atoms with Gasteiger partial charge in [-0.25, -0.2) is 9.97 Å². The second-order valence-corrected chi connectivity index (χ2v) is 14.3. The monoisotopic (exact) mass is 813 g/mol. The molecule has 1 radical (unpaired) electrons. The molecule has 8 bridgehead atoms. The molecule has 0 fully saturated rings. The van der Waals surface area contributed by atoms with Crippen molar-refractivity contribution in [1.29, 1.82) is 0 Å². The third-order valence-electron chi connectivity index (χ3n) is 9.29. The predicted octanol–water partition coefficient (Wildman–Crippen LogP) is 13.9. The Morgan fingerprint density at radius 3 is 0.717 bits per heavy atom. The first-order chi connectivity index (χ1) is 25.4. The first-order valence-electron chi connectivity index (χ1n) is 16.6. The van der Waals surface area contributed by atoms with E-state index in [-0.39, 0.29) is 17.1 Å². The second kappa shape index (κ2) is 14.5. The molecule has 3 aromatic heterocycles. The van der Waals surface area contributed by atoms with Crippen molar-refractivity contribution in [2.75, 3.05) is 0 Å². The summed E-state index contributed by atoms with van der Waals surface area (Å²) in [5.74, 6) is 0. The molecular formula is C44H26Cl4CuN4. The second-order valence-electron chi connectivity index (χ2n) is 12.5. The van der Waals surface area contributed by atoms with Gasteiger partial charge in [-0.1, -0.05) is 94.9 Å². The zero-order chi connectivity index (χ0) is 35.3. The van der Waals surface area contributed by atoms with Crippen molar-refractivity contribution in [1.82, 2.24) is 19.9 Å². The Balaban J connectivity index is 0.00000400. The summed E-state index contributed by atoms with van der Waals surface area (Å²) in [6.07, 6.45) is 8.27. The van der Waals surface area contributed by atoms with Crippen LogP contribution >= 0.6 is 46.4 Å². The first-order valence-corrected chi connectivity index (χ1v) is 18.1. The molecule has 4 aromatic carbocycles. The fourth-order valence-electron chi connectivity index (χ4n) is 6.89. The van der Waals surface area contributed by atoms with E-state index in [0.717, 1.165) is 89.4 Å². The normalized spacial score (nSPS) is 11.8. The zero-order valence-electron chi connectivity index (χ0n) is 27.6. The molecule has 261 valence electrons. The van der Waals surface area contributed by atoms with Crippen molar-refractivity contribution < 1.29 is 17.1 Å². The van der Waals surface area contributed by atoms with Gasteiger partial charge in [-0.15, -0.1) is 0 Å². The topological polar surface area (TPSA) is 57.4 Å². The van der Waals surface area contributed by atoms with E-state index >= 15 is 0 Å². The number of fused-ring (bicyclic) bond motifs is 8. The molecule has 0 amide bonds. The van der Waals surface area contributed by atoms with Gasteiger partial charge < -0.3 is 9.97 Å². The minimum Gasteiger partial charge on any atom is -0.354 e. The Labute approximate surface area is 336 Å². The van der Waals surface area contributed by atoms with E-state index in [0.29, 0.717) is 20.1 Å². The number of halogens is 4. The Morgan fingerprint density at radius 2 is 0.509 bits per heavy atom. The van der Waals surface area contributed by atoms with Crippen LogP contribution in [-0.2, 0) is 17.1 Å². The maximum atomic E-state index is 6.37. The van der Waals surface area contributed by atoms with Crippen molar-refractivity contribution in [3.63, 3.8) is 0 Å². The van der Waals surface area contributed by atoms with Gasteiger partial charge >= 0.3 is 0 Å². The van der Waals surface area contributed by atoms with Crippen LogP contribution in [0.3, 0.4) is 0 Å². The van der Waals surface area contributed by atoms with E-state index in [1.54, 1.807) is 0 Å². The van der Waals surface area contributed by atoms with E-state index < -0.39 is 0 Å². The average Bonchev–Trinajstić information content (AvgIpc) is 3.99. The molecule has 0 atom stereocenters. The van der Waals surface area contributed by atoms with Crippen LogP contribution in [-0.4, -0.2) is 19.9 Å². The summed E-state index contributed by atoms with van der Waals surface area (Å²) >= 11 is 25.5. The SMILES string of the molecule is Clc1ccc(-c2c3nc(c(-c4ccc(Cl)cc4)c4ccc([nH]4)c(-c4ccc(Cl)cc4)c4nc(c(-c5ccc(Cl)cc5)c5ccc2[nH]5)C=C4)C=C3)cc1.[Cu]. The quantitative estimate of drug-likeness (QED) is 0.174. The Morgan fingerprint density at radius 1 is 0.302 bits per heavy atom. The van der Waals surface area contributed by atoms with Crippen LogP contribution in [0.25, 0.3) is 90.9 Å². The summed E-state index contributed by atoms with van der Waals surface area (Å²) in [5, 5.41) is 2.64. The van der Waals surface area contributed by atoms with Crippen molar-refractivity contribution in [2.24, 2.45) is 0 Å². The standard InChI is InChI=1S/C44H26Cl4N4.Cu/c45-29-9-1-25(2-10-29)41-33-17-19-35(49-33)42(26-3-11-30(46)12-4-26)37-21-23-39(51-37)44(28-7-15-32(48)16-8-28)40-24-22-38(52-40)43(36-20-18-34(41)50-36)27-5-13-31(47)14-6-27;/h1-24,49,52H;. The van der Waals surface area contributed by atoms with Gasteiger partial charge in [0.25, 0.3) is 0 Å². The predicted molar refractivity (Wildman–Crippen MR) is 221 cm³/mol. The molecule has 4 nitrogen and oxygen atoms in total. The first kappa shape index (κ1) is 35.2. The van der Waals surface area contributed by atoms with E-state index in [1.807, 2.05) is 97.1 Å². The number of aromatic nitrogens is 4. The van der Waals surface area contributed by atoms with Gasteiger partial charge in [-0.05, 0) is 119 Å². The van der Waals surface area contributed by atoms with Gasteiger partial charge in [0, 0.05) is 81.5 Å². The van der Waals surface area contributed by atoms with Gasteiger partial charge in [0.1, 0.15) is 0 Å². The number of aromatic amines is 2. The van der Waals surface area contributed by atoms with Gasteiger partial charge in [0.05, 0.1) is 22.8 Å². The van der Waals surface area contributed by atoms with Crippen molar-refractivity contribution in [3.05, 3.63) is 164 Å². The van der Waals surface area contributed by atoms with Gasteiger partial charge in [0.15, 0.2) is 0 Å². The van der Waals surface area contributed by atoms with Crippen LogP contribution in [0.1, 0.15) is 22.8 Å². The Hall–Kier alpha value is -4.84. The largest absolute Gasteiger partial charge is 0.354 e. The fourth-order valence-corrected chi connectivity index (χ4v) is 7.39. The maximum Gasteiger partial charge on any atom is 0.0737 e. The van der Waals surface area contributed by atoms with E-state index in [4.69, 9.17) is 56.4 Å². The maximum absolute atomic E-state index is 6.37. The number of hydrogen-bond donors (Lipinski definition) is 2. The molecule has 0 spiro atoms. The number of benzene rings is 4. The van der Waals surface area contributed by atoms with E-state index in [2.05, 4.69) is 58.5 Å². The molecular weight excluding hydrogens is 790 g/mol. The average molecular weight is 816 g/mol. The summed E-state index contributed by atoms with van der Waals surface area (Å²) < 4.78 is 0. The number of H-pyrrole nitrogens is 2. The summed E-state index contributed by atoms with van der Waals surface area (Å²) in [5.41, 5.74) is 14.5. The van der Waals surface area contributed by atoms with Crippen LogP contribution in [0.15, 0.2) is 121 Å². The van der Waals surface area contributed by atoms with Crippen molar-refractivity contribution in [2.45, 2.75) is 0 Å². The zero-order valence-corrected chi connectivity index (χ0v) is 31.5. The molecule has 2 aliphatic rings. The summed E-state index contributed by atoms with van der Waals surface area (Å²) in [4.78, 5) is 18.1. The van der Waals surface area contributed by atoms with Crippen molar-refractivity contribution >= 4 is 92.8 Å². The summed E-state index contributed by atoms with van der Waals surface area (Å²) in [6.45, 7) is 0. The Bertz CT molecular complexity index is 2370. The van der Waals surface area contributed by atoms with Crippen LogP contribution in [0.5, 0.6) is 0 Å². The third-order valence-corrected chi connectivity index (χ3v) is 10.3. The molecule has 9 heteroatoms. The van der Waals surface area contributed by atoms with Crippen LogP contribution in [0.2, 0.25) is 20.1 Å². The molecule has 0 saturated heterocycles. The Kier molecular flexibility index (Phi) is 9.65. The molecule has 7 aromatic rings. The number of nitrogens with zero attached hydrogens (tertiary/aromatic N) is 2. The van der Waals surface area contributed by atoms with Crippen LogP contribution < -0.4 is 0 Å². The summed E-state index contributed by atoms with van der Waals surface area (Å²) in [6, 6.07) is 39.8. The molecule has 9 rings (SSSR count). The van der Waals surface area contributed by atoms with Crippen LogP contribution in [0.4, 0.5) is 0 Å². The molecule has 2 aliphatic heterocycles. The molecule has 0 unspecified atom stereocenters. The van der Waals surface area contributed by atoms with Gasteiger partial charge in [-0.2, -0.15) is 0 Å². The minimum atomic E-state index is 0. The van der Waals surface area contributed by atoms with Crippen LogP contribution in [0, 0.1) is 0 Å². The fraction of sp³-hybridized carbons (Fsp3) is 0. The van der Waals surface area contributed by atoms with Gasteiger partial charge in [0.2, 0.25) is 0 Å². The molecule has 5 heterocycles. The number of nitrogens with one attached hydrogen (secondary N) is 2. The number of rotatable bonds is 4.